The van der Waals surface area contributed by atoms with Crippen molar-refractivity contribution in [3.05, 3.63) is 60.2 Å². The summed E-state index contributed by atoms with van der Waals surface area (Å²) < 4.78 is 17.9. The van der Waals surface area contributed by atoms with Crippen molar-refractivity contribution < 1.29 is 19.0 Å². The maximum Gasteiger partial charge on any atom is 0.307 e. The van der Waals surface area contributed by atoms with E-state index in [4.69, 9.17) is 14.2 Å². The lowest BCUT2D eigenvalue weighted by Gasteiger charge is -2.13. The van der Waals surface area contributed by atoms with Crippen molar-refractivity contribution in [3.8, 4) is 23.3 Å². The van der Waals surface area contributed by atoms with E-state index in [0.717, 1.165) is 76.1 Å². The van der Waals surface area contributed by atoms with Gasteiger partial charge >= 0.3 is 5.97 Å². The first-order valence-electron chi connectivity index (χ1n) is 22.8. The number of benzene rings is 1. The monoisotopic (exact) mass is 762 g/mol. The van der Waals surface area contributed by atoms with Gasteiger partial charge in [-0.15, -0.1) is 5.92 Å². The molecule has 0 aromatic heterocycles. The molecule has 0 aliphatic carbocycles. The number of rotatable bonds is 38. The summed E-state index contributed by atoms with van der Waals surface area (Å²) in [5.41, 5.74) is 1.22. The van der Waals surface area contributed by atoms with Gasteiger partial charge in [-0.3, -0.25) is 4.79 Å². The number of allylic oxidation sites excluding steroid dienone is 6. The Bertz CT molecular complexity index is 1160. The van der Waals surface area contributed by atoms with Crippen molar-refractivity contribution >= 4 is 5.97 Å². The maximum absolute atomic E-state index is 11.8. The van der Waals surface area contributed by atoms with Crippen LogP contribution < -0.4 is 14.8 Å². The van der Waals surface area contributed by atoms with Gasteiger partial charge in [0, 0.05) is 25.5 Å². The van der Waals surface area contributed by atoms with Gasteiger partial charge in [-0.2, -0.15) is 0 Å². The third kappa shape index (κ3) is 35.2. The Kier molecular flexibility index (Phi) is 37.0. The number of unbranched alkanes of at least 4 members (excludes halogenated alkanes) is 19. The molecule has 0 fully saturated rings. The number of hydrogen-bond acceptors (Lipinski definition) is 5. The molecule has 55 heavy (non-hydrogen) atoms. The van der Waals surface area contributed by atoms with Gasteiger partial charge in [-0.05, 0) is 108 Å². The molecule has 0 radical (unpaired) electrons. The quantitative estimate of drug-likeness (QED) is 0.0315. The number of hydrogen-bond donors (Lipinski definition) is 1. The molecule has 5 heteroatoms. The summed E-state index contributed by atoms with van der Waals surface area (Å²) >= 11 is 0. The van der Waals surface area contributed by atoms with Crippen LogP contribution in [0.3, 0.4) is 0 Å². The first kappa shape index (κ1) is 50.0. The van der Waals surface area contributed by atoms with Crippen LogP contribution >= 0.6 is 0 Å². The summed E-state index contributed by atoms with van der Waals surface area (Å²) in [5.74, 6) is 8.31. The van der Waals surface area contributed by atoms with Gasteiger partial charge in [-0.25, -0.2) is 0 Å². The van der Waals surface area contributed by atoms with Crippen molar-refractivity contribution in [2.24, 2.45) is 0 Å². The van der Waals surface area contributed by atoms with E-state index in [1.54, 1.807) is 0 Å². The van der Waals surface area contributed by atoms with Crippen LogP contribution in [0.15, 0.2) is 54.7 Å². The lowest BCUT2D eigenvalue weighted by molar-refractivity contribution is -0.143. The van der Waals surface area contributed by atoms with Crippen molar-refractivity contribution in [1.29, 1.82) is 0 Å². The zero-order chi connectivity index (χ0) is 39.5. The second kappa shape index (κ2) is 40.7. The molecular formula is C50H83NO4. The van der Waals surface area contributed by atoms with E-state index in [0.29, 0.717) is 19.6 Å². The highest BCUT2D eigenvalue weighted by Gasteiger charge is 2.06. The van der Waals surface area contributed by atoms with Gasteiger partial charge in [0.15, 0.2) is 0 Å². The van der Waals surface area contributed by atoms with E-state index in [1.807, 2.05) is 7.05 Å². The molecule has 0 aliphatic rings. The normalized spacial score (nSPS) is 11.5. The first-order valence-corrected chi connectivity index (χ1v) is 22.8. The van der Waals surface area contributed by atoms with E-state index in [9.17, 15) is 4.79 Å². The molecule has 0 heterocycles. The van der Waals surface area contributed by atoms with Crippen LogP contribution in [-0.2, 0) is 16.0 Å². The van der Waals surface area contributed by atoms with Gasteiger partial charge in [0.05, 0.1) is 26.2 Å². The zero-order valence-electron chi connectivity index (χ0n) is 36.0. The van der Waals surface area contributed by atoms with Crippen LogP contribution in [0.25, 0.3) is 0 Å². The molecule has 0 spiro atoms. The summed E-state index contributed by atoms with van der Waals surface area (Å²) in [6, 6.07) is 6.39. The van der Waals surface area contributed by atoms with Crippen molar-refractivity contribution in [2.45, 2.75) is 194 Å². The molecule has 1 aromatic rings. The number of nitrogens with one attached hydrogen (secondary N) is 1. The second-order valence-corrected chi connectivity index (χ2v) is 15.0. The van der Waals surface area contributed by atoms with Gasteiger partial charge in [0.2, 0.25) is 0 Å². The third-order valence-electron chi connectivity index (χ3n) is 9.71. The van der Waals surface area contributed by atoms with E-state index >= 15 is 0 Å². The average molecular weight is 762 g/mol. The van der Waals surface area contributed by atoms with Gasteiger partial charge in [-0.1, -0.05) is 133 Å². The molecular weight excluding hydrogens is 679 g/mol. The summed E-state index contributed by atoms with van der Waals surface area (Å²) in [5, 5.41) is 2.99. The minimum Gasteiger partial charge on any atom is -0.493 e. The minimum atomic E-state index is -0.134. The molecule has 5 nitrogen and oxygen atoms in total. The Hall–Kier alpha value is -2.97. The van der Waals surface area contributed by atoms with Crippen molar-refractivity contribution in [3.63, 3.8) is 0 Å². The predicted octanol–water partition coefficient (Wildman–Crippen LogP) is 14.0. The number of aryl methyl sites for hydroxylation is 1. The molecule has 1 rings (SSSR count). The van der Waals surface area contributed by atoms with Crippen LogP contribution in [-0.4, -0.2) is 39.4 Å². The molecule has 0 unspecified atom stereocenters. The number of esters is 1. The number of ether oxygens (including phenoxy) is 3. The Morgan fingerprint density at radius 2 is 1.11 bits per heavy atom. The predicted molar refractivity (Wildman–Crippen MR) is 237 cm³/mol. The van der Waals surface area contributed by atoms with Gasteiger partial charge in [0.25, 0.3) is 0 Å². The molecule has 0 amide bonds. The number of carbonyl (C=O) groups excluding carboxylic acids is 1. The zero-order valence-corrected chi connectivity index (χ0v) is 36.0. The highest BCUT2D eigenvalue weighted by atomic mass is 16.5. The van der Waals surface area contributed by atoms with Crippen molar-refractivity contribution in [1.82, 2.24) is 5.32 Å². The standard InChI is InChI=1S/C50H83NO4/c1-4-6-8-10-12-14-16-18-20-22-24-26-28-30-32-35-41-53-48-44-47(38-34-37-43-55-50(52)39-40-51-3)45-49(46-48)54-42-36-33-31-29-27-25-23-21-19-17-15-13-11-9-7-5-2/h12-15,18,20,44-46,51H,4-11,16-17,22-43H2,1-3H3/b14-12-,15-13-,20-18-. The highest BCUT2D eigenvalue weighted by molar-refractivity contribution is 5.69. The summed E-state index contributed by atoms with van der Waals surface area (Å²) in [7, 11) is 1.84. The molecule has 0 aliphatic heterocycles. The Morgan fingerprint density at radius 1 is 0.582 bits per heavy atom. The van der Waals surface area contributed by atoms with Crippen molar-refractivity contribution in [2.75, 3.05) is 33.4 Å². The molecule has 0 saturated heterocycles. The molecule has 1 N–H and O–H groups in total. The smallest absolute Gasteiger partial charge is 0.307 e. The Labute approximate surface area is 339 Å². The molecule has 312 valence electrons. The molecule has 0 saturated carbocycles. The molecule has 1 aromatic carbocycles. The van der Waals surface area contributed by atoms with Crippen LogP contribution in [0.5, 0.6) is 11.5 Å². The summed E-state index contributed by atoms with van der Waals surface area (Å²) in [4.78, 5) is 11.8. The fourth-order valence-corrected chi connectivity index (χ4v) is 6.28. The first-order chi connectivity index (χ1) is 27.2. The van der Waals surface area contributed by atoms with Gasteiger partial charge in [0.1, 0.15) is 11.5 Å². The van der Waals surface area contributed by atoms with Gasteiger partial charge < -0.3 is 19.5 Å². The SMILES string of the molecule is CCCCC/C=C\CC#CCCCCCCCCOc1cc(CCCCOC(=O)CCNC)cc(OCCCCCCCC/C=C\C/C=C\CCCCC)c1. The molecule has 0 atom stereocenters. The van der Waals surface area contributed by atoms with Crippen LogP contribution in [0, 0.1) is 11.8 Å². The fraction of sp³-hybridized carbons (Fsp3) is 0.700. The average Bonchev–Trinajstić information content (AvgIpc) is 3.19. The van der Waals surface area contributed by atoms with Crippen LogP contribution in [0.1, 0.15) is 193 Å². The second-order valence-electron chi connectivity index (χ2n) is 15.0. The van der Waals surface area contributed by atoms with E-state index < -0.39 is 0 Å². The van der Waals surface area contributed by atoms with E-state index in [-0.39, 0.29) is 5.97 Å². The van der Waals surface area contributed by atoms with E-state index in [1.165, 1.54) is 128 Å². The Balaban J connectivity index is 2.33. The van der Waals surface area contributed by atoms with Crippen LogP contribution in [0.4, 0.5) is 0 Å². The Morgan fingerprint density at radius 3 is 1.71 bits per heavy atom. The largest absolute Gasteiger partial charge is 0.493 e. The molecule has 0 bridgehead atoms. The summed E-state index contributed by atoms with van der Waals surface area (Å²) in [6.45, 7) is 7.10. The minimum absolute atomic E-state index is 0.134. The highest BCUT2D eigenvalue weighted by Crippen LogP contribution is 2.25. The lowest BCUT2D eigenvalue weighted by Crippen LogP contribution is -2.15. The van der Waals surface area contributed by atoms with Crippen LogP contribution in [0.2, 0.25) is 0 Å². The van der Waals surface area contributed by atoms with E-state index in [2.05, 4.69) is 85.7 Å². The summed E-state index contributed by atoms with van der Waals surface area (Å²) in [6.07, 6.45) is 46.1. The topological polar surface area (TPSA) is 56.8 Å². The fourth-order valence-electron chi connectivity index (χ4n) is 6.28. The lowest BCUT2D eigenvalue weighted by atomic mass is 10.1. The number of carbonyl (C=O) groups is 1. The third-order valence-corrected chi connectivity index (χ3v) is 9.71. The maximum atomic E-state index is 11.8.